The highest BCUT2D eigenvalue weighted by Crippen LogP contribution is 2.53. The summed E-state index contributed by atoms with van der Waals surface area (Å²) < 4.78 is 6.19. The predicted molar refractivity (Wildman–Crippen MR) is 111 cm³/mol. The van der Waals surface area contributed by atoms with E-state index < -0.39 is 12.0 Å². The third-order valence-electron chi connectivity index (χ3n) is 6.01. The second-order valence-electron chi connectivity index (χ2n) is 8.14. The van der Waals surface area contributed by atoms with Crippen LogP contribution in [0.15, 0.2) is 29.2 Å². The van der Waals surface area contributed by atoms with E-state index in [4.69, 9.17) is 9.84 Å². The van der Waals surface area contributed by atoms with Gasteiger partial charge < -0.3 is 24.3 Å². The van der Waals surface area contributed by atoms with Gasteiger partial charge in [0.05, 0.1) is 36.1 Å². The fourth-order valence-electron chi connectivity index (χ4n) is 4.27. The van der Waals surface area contributed by atoms with Crippen molar-refractivity contribution in [2.45, 2.75) is 33.9 Å². The minimum absolute atomic E-state index is 0.0537. The number of ether oxygens (including phenoxy) is 1. The van der Waals surface area contributed by atoms with Gasteiger partial charge in [0.2, 0.25) is 5.91 Å². The maximum Gasteiger partial charge on any atom is 0.328 e. The zero-order valence-electron chi connectivity index (χ0n) is 16.4. The summed E-state index contributed by atoms with van der Waals surface area (Å²) in [5, 5.41) is 18.7. The van der Waals surface area contributed by atoms with Gasteiger partial charge in [-0.1, -0.05) is 12.1 Å². The van der Waals surface area contributed by atoms with Gasteiger partial charge in [-0.25, -0.2) is 4.79 Å². The number of nitrogens with zero attached hydrogens (tertiary/aromatic N) is 2. The lowest BCUT2D eigenvalue weighted by Crippen LogP contribution is -2.61. The lowest BCUT2D eigenvalue weighted by atomic mass is 9.93. The number of fused-ring (bicyclic) bond motifs is 1. The number of amides is 1. The molecule has 7 nitrogen and oxygen atoms in total. The number of quaternary nitrogens is 1. The van der Waals surface area contributed by atoms with E-state index in [1.54, 1.807) is 0 Å². The highest BCUT2D eigenvalue weighted by atomic mass is 32.2. The molecule has 4 atom stereocenters. The van der Waals surface area contributed by atoms with Gasteiger partial charge >= 0.3 is 5.97 Å². The number of hydrogen-bond acceptors (Lipinski definition) is 6. The largest absolute Gasteiger partial charge is 0.480 e. The zero-order chi connectivity index (χ0) is 20.6. The van der Waals surface area contributed by atoms with E-state index in [9.17, 15) is 14.7 Å². The van der Waals surface area contributed by atoms with Crippen LogP contribution in [0.3, 0.4) is 0 Å². The van der Waals surface area contributed by atoms with Crippen LogP contribution in [0, 0.1) is 5.92 Å². The summed E-state index contributed by atoms with van der Waals surface area (Å²) in [7, 11) is 2.25. The highest BCUT2D eigenvalue weighted by molar-refractivity contribution is 8.17. The second kappa shape index (κ2) is 8.47. The quantitative estimate of drug-likeness (QED) is 0.491. The van der Waals surface area contributed by atoms with Crippen LogP contribution in [0.1, 0.15) is 12.0 Å². The van der Waals surface area contributed by atoms with Crippen LogP contribution in [0.4, 0.5) is 0 Å². The highest BCUT2D eigenvalue weighted by Gasteiger charge is 2.60. The number of likely N-dealkylation sites (N-methyl/N-ethyl adjacent to an activating group) is 1. The van der Waals surface area contributed by atoms with Crippen molar-refractivity contribution in [3.8, 4) is 0 Å². The number of morpholine rings is 1. The Kier molecular flexibility index (Phi) is 6.13. The molecule has 1 aromatic carbocycles. The van der Waals surface area contributed by atoms with E-state index in [0.29, 0.717) is 6.42 Å². The van der Waals surface area contributed by atoms with E-state index in [0.717, 1.165) is 42.2 Å². The summed E-state index contributed by atoms with van der Waals surface area (Å²) >= 11 is 3.05. The molecule has 1 aromatic rings. The van der Waals surface area contributed by atoms with Crippen molar-refractivity contribution in [2.75, 3.05) is 40.0 Å². The molecule has 3 aliphatic rings. The van der Waals surface area contributed by atoms with E-state index in [1.165, 1.54) is 34.0 Å². The Labute approximate surface area is 179 Å². The van der Waals surface area contributed by atoms with Crippen LogP contribution in [0.5, 0.6) is 0 Å². The van der Waals surface area contributed by atoms with Gasteiger partial charge in [0.25, 0.3) is 0 Å². The molecule has 3 fully saturated rings. The average molecular weight is 440 g/mol. The molecule has 3 heterocycles. The molecule has 1 amide bonds. The maximum atomic E-state index is 12.3. The van der Waals surface area contributed by atoms with Crippen molar-refractivity contribution >= 4 is 35.4 Å². The number of carboxylic acids is 1. The number of rotatable bonds is 7. The van der Waals surface area contributed by atoms with Gasteiger partial charge in [-0.15, -0.1) is 23.5 Å². The third kappa shape index (κ3) is 4.16. The van der Waals surface area contributed by atoms with Gasteiger partial charge in [-0.05, 0) is 18.6 Å². The van der Waals surface area contributed by atoms with Crippen LogP contribution >= 0.6 is 23.5 Å². The summed E-state index contributed by atoms with van der Waals surface area (Å²) in [4.78, 5) is 26.7. The average Bonchev–Trinajstić information content (AvgIpc) is 3.03. The molecule has 29 heavy (non-hydrogen) atoms. The number of thioether (sulfide) groups is 2. The zero-order valence-corrected chi connectivity index (χ0v) is 18.0. The van der Waals surface area contributed by atoms with Crippen LogP contribution in [0.25, 0.3) is 0 Å². The number of benzene rings is 1. The van der Waals surface area contributed by atoms with Crippen LogP contribution in [0.2, 0.25) is 0 Å². The molecule has 0 bridgehead atoms. The normalized spacial score (nSPS) is 30.7. The molecule has 3 aliphatic heterocycles. The molecule has 3 unspecified atom stereocenters. The Morgan fingerprint density at radius 1 is 1.31 bits per heavy atom. The number of hydrogen-bond donors (Lipinski definition) is 2. The molecule has 9 heteroatoms. The van der Waals surface area contributed by atoms with Crippen molar-refractivity contribution < 1.29 is 29.0 Å². The summed E-state index contributed by atoms with van der Waals surface area (Å²) in [5.74, 6) is -1.38. The SMILES string of the molecule is C[N+]1(Cc2ccc(SC3SC4[C@@H](CCO)C(=O)N4C3C(=O)O)cc2)CCOCC1. The Hall–Kier alpha value is -1.26. The molecule has 0 radical (unpaired) electrons. The van der Waals surface area contributed by atoms with E-state index >= 15 is 0 Å². The minimum atomic E-state index is -0.963. The minimum Gasteiger partial charge on any atom is -0.480 e. The van der Waals surface area contributed by atoms with Gasteiger partial charge in [-0.2, -0.15) is 0 Å². The maximum absolute atomic E-state index is 12.3. The predicted octanol–water partition coefficient (Wildman–Crippen LogP) is 1.45. The molecule has 158 valence electrons. The number of aliphatic carboxylic acids is 1. The van der Waals surface area contributed by atoms with Crippen molar-refractivity contribution in [1.82, 2.24) is 4.90 Å². The van der Waals surface area contributed by atoms with Gasteiger partial charge in [-0.3, -0.25) is 4.79 Å². The molecular formula is C20H27N2O5S2+. The van der Waals surface area contributed by atoms with Gasteiger partial charge in [0.15, 0.2) is 6.04 Å². The Balaban J connectivity index is 1.42. The Morgan fingerprint density at radius 2 is 2.00 bits per heavy atom. The first-order chi connectivity index (χ1) is 13.9. The van der Waals surface area contributed by atoms with Gasteiger partial charge in [0.1, 0.15) is 19.6 Å². The molecule has 2 N–H and O–H groups in total. The molecule has 3 saturated heterocycles. The second-order valence-corrected chi connectivity index (χ2v) is 10.9. The Morgan fingerprint density at radius 3 is 2.62 bits per heavy atom. The van der Waals surface area contributed by atoms with Crippen molar-refractivity contribution in [3.05, 3.63) is 29.8 Å². The number of β-lactam (4-membered cyclic amide) rings is 1. The summed E-state index contributed by atoms with van der Waals surface area (Å²) in [6.07, 6.45) is 0.396. The molecule has 0 aliphatic carbocycles. The number of carbonyl (C=O) groups excluding carboxylic acids is 1. The smallest absolute Gasteiger partial charge is 0.328 e. The van der Waals surface area contributed by atoms with Crippen LogP contribution in [-0.4, -0.2) is 87.4 Å². The van der Waals surface area contributed by atoms with E-state index in [1.807, 2.05) is 0 Å². The topological polar surface area (TPSA) is 87.1 Å². The number of carbonyl (C=O) groups is 2. The summed E-state index contributed by atoms with van der Waals surface area (Å²) in [6.45, 7) is 4.52. The summed E-state index contributed by atoms with van der Waals surface area (Å²) in [6, 6.07) is 7.51. The number of aliphatic hydroxyl groups is 1. The third-order valence-corrected chi connectivity index (χ3v) is 9.02. The van der Waals surface area contributed by atoms with Crippen molar-refractivity contribution in [1.29, 1.82) is 0 Å². The first-order valence-electron chi connectivity index (χ1n) is 9.90. The Bertz CT molecular complexity index is 769. The van der Waals surface area contributed by atoms with Crippen LogP contribution in [-0.2, 0) is 20.9 Å². The number of carboxylic acid groups (broad SMARTS) is 1. The number of aliphatic hydroxyl groups excluding tert-OH is 1. The fourth-order valence-corrected chi connectivity index (χ4v) is 7.59. The lowest BCUT2D eigenvalue weighted by molar-refractivity contribution is -0.929. The lowest BCUT2D eigenvalue weighted by Gasteiger charge is -2.43. The first-order valence-corrected chi connectivity index (χ1v) is 11.7. The molecule has 0 spiro atoms. The monoisotopic (exact) mass is 439 g/mol. The first kappa shape index (κ1) is 21.0. The van der Waals surface area contributed by atoms with Gasteiger partial charge in [0, 0.05) is 17.1 Å². The molecule has 4 rings (SSSR count). The van der Waals surface area contributed by atoms with Crippen molar-refractivity contribution in [2.24, 2.45) is 5.92 Å². The molecule has 0 saturated carbocycles. The standard InChI is InChI=1S/C20H26N2O5S2/c1-22(7-10-27-11-8-22)12-13-2-4-14(5-3-13)28-20-16(19(25)26)21-17(24)15(6-9-23)18(21)29-20/h2-5,15-16,18,20,23H,6-12H2,1H3/p+1/t15-,16?,18?,20?/m0/s1. The van der Waals surface area contributed by atoms with Crippen LogP contribution < -0.4 is 0 Å². The van der Waals surface area contributed by atoms with Crippen molar-refractivity contribution in [3.63, 3.8) is 0 Å². The summed E-state index contributed by atoms with van der Waals surface area (Å²) in [5.41, 5.74) is 1.26. The fraction of sp³-hybridized carbons (Fsp3) is 0.600. The van der Waals surface area contributed by atoms with E-state index in [2.05, 4.69) is 31.3 Å². The van der Waals surface area contributed by atoms with E-state index in [-0.39, 0.29) is 28.4 Å². The molecular weight excluding hydrogens is 412 g/mol. The molecule has 0 aromatic heterocycles.